The fourth-order valence-electron chi connectivity index (χ4n) is 1.89. The van der Waals surface area contributed by atoms with Gasteiger partial charge in [0.05, 0.1) is 6.17 Å². The zero-order valence-corrected chi connectivity index (χ0v) is 7.47. The molecule has 1 atom stereocenters. The van der Waals surface area contributed by atoms with Gasteiger partial charge in [-0.3, -0.25) is 10.2 Å². The van der Waals surface area contributed by atoms with Crippen molar-refractivity contribution < 1.29 is 0 Å². The lowest BCUT2D eigenvalue weighted by molar-refractivity contribution is 0.131. The van der Waals surface area contributed by atoms with Gasteiger partial charge in [-0.15, -0.1) is 0 Å². The second kappa shape index (κ2) is 4.18. The lowest BCUT2D eigenvalue weighted by atomic mass is 10.3. The Balaban J connectivity index is 1.80. The molecule has 4 heteroatoms. The molecule has 2 aliphatic heterocycles. The predicted molar refractivity (Wildman–Crippen MR) is 49.1 cm³/mol. The Morgan fingerprint density at radius 2 is 1.75 bits per heavy atom. The fourth-order valence-corrected chi connectivity index (χ4v) is 1.89. The van der Waals surface area contributed by atoms with E-state index in [1.54, 1.807) is 0 Å². The Morgan fingerprint density at radius 3 is 2.42 bits per heavy atom. The van der Waals surface area contributed by atoms with Crippen LogP contribution < -0.4 is 16.0 Å². The summed E-state index contributed by atoms with van der Waals surface area (Å²) in [6.07, 6.45) is 0.570. The molecular weight excluding hydrogens is 152 g/mol. The molecule has 0 aromatic rings. The van der Waals surface area contributed by atoms with Crippen molar-refractivity contribution in [3.05, 3.63) is 0 Å². The summed E-state index contributed by atoms with van der Waals surface area (Å²) in [5.41, 5.74) is 0. The highest BCUT2D eigenvalue weighted by molar-refractivity contribution is 4.79. The number of nitrogens with zero attached hydrogens (tertiary/aromatic N) is 1. The second-order valence-electron chi connectivity index (χ2n) is 3.46. The average molecular weight is 170 g/mol. The van der Waals surface area contributed by atoms with Gasteiger partial charge in [0.2, 0.25) is 0 Å². The van der Waals surface area contributed by atoms with Gasteiger partial charge in [0.15, 0.2) is 0 Å². The van der Waals surface area contributed by atoms with Crippen LogP contribution in [0.4, 0.5) is 0 Å². The summed E-state index contributed by atoms with van der Waals surface area (Å²) in [7, 11) is 0. The Kier molecular flexibility index (Phi) is 2.94. The summed E-state index contributed by atoms with van der Waals surface area (Å²) >= 11 is 0. The zero-order chi connectivity index (χ0) is 8.23. The first-order valence-electron chi connectivity index (χ1n) is 4.86. The zero-order valence-electron chi connectivity index (χ0n) is 7.47. The van der Waals surface area contributed by atoms with Crippen molar-refractivity contribution in [3.63, 3.8) is 0 Å². The smallest absolute Gasteiger partial charge is 0.0727 e. The molecule has 0 spiro atoms. The largest absolute Gasteiger partial charge is 0.314 e. The summed E-state index contributed by atoms with van der Waals surface area (Å²) in [4.78, 5) is 2.52. The molecule has 0 unspecified atom stereocenters. The Hall–Kier alpha value is -0.160. The van der Waals surface area contributed by atoms with E-state index in [9.17, 15) is 0 Å². The highest BCUT2D eigenvalue weighted by atomic mass is 15.3. The van der Waals surface area contributed by atoms with Crippen LogP contribution in [-0.2, 0) is 0 Å². The van der Waals surface area contributed by atoms with Crippen molar-refractivity contribution in [2.75, 3.05) is 45.8 Å². The molecule has 2 heterocycles. The SMILES string of the molecule is C1CN([C@H]2CNCCN2)CCN1. The van der Waals surface area contributed by atoms with Crippen LogP contribution in [0.2, 0.25) is 0 Å². The van der Waals surface area contributed by atoms with Crippen molar-refractivity contribution in [2.24, 2.45) is 0 Å². The van der Waals surface area contributed by atoms with E-state index in [0.717, 1.165) is 32.7 Å². The van der Waals surface area contributed by atoms with Crippen molar-refractivity contribution in [2.45, 2.75) is 6.17 Å². The van der Waals surface area contributed by atoms with Gasteiger partial charge in [0.25, 0.3) is 0 Å². The van der Waals surface area contributed by atoms with Gasteiger partial charge in [0.1, 0.15) is 0 Å². The molecule has 2 saturated heterocycles. The van der Waals surface area contributed by atoms with E-state index >= 15 is 0 Å². The summed E-state index contributed by atoms with van der Waals surface area (Å²) in [6.45, 7) is 7.95. The van der Waals surface area contributed by atoms with E-state index in [0.29, 0.717) is 6.17 Å². The van der Waals surface area contributed by atoms with Gasteiger partial charge in [-0.25, -0.2) is 0 Å². The van der Waals surface area contributed by atoms with Crippen LogP contribution in [0.15, 0.2) is 0 Å². The molecule has 12 heavy (non-hydrogen) atoms. The third kappa shape index (κ3) is 1.95. The molecular formula is C8H18N4. The van der Waals surface area contributed by atoms with Crippen LogP contribution in [0.3, 0.4) is 0 Å². The van der Waals surface area contributed by atoms with Gasteiger partial charge in [0, 0.05) is 45.8 Å². The third-order valence-electron chi connectivity index (χ3n) is 2.61. The Labute approximate surface area is 73.7 Å². The Bertz CT molecular complexity index is 111. The van der Waals surface area contributed by atoms with Crippen LogP contribution in [0.5, 0.6) is 0 Å². The molecule has 0 radical (unpaired) electrons. The van der Waals surface area contributed by atoms with Crippen molar-refractivity contribution in [1.82, 2.24) is 20.9 Å². The molecule has 0 aliphatic carbocycles. The molecule has 0 aromatic carbocycles. The third-order valence-corrected chi connectivity index (χ3v) is 2.61. The minimum Gasteiger partial charge on any atom is -0.314 e. The molecule has 2 fully saturated rings. The first kappa shape index (κ1) is 8.44. The quantitative estimate of drug-likeness (QED) is 0.444. The maximum Gasteiger partial charge on any atom is 0.0727 e. The molecule has 2 aliphatic rings. The molecule has 0 aromatic heterocycles. The molecule has 3 N–H and O–H groups in total. The number of piperazine rings is 2. The fraction of sp³-hybridized carbons (Fsp3) is 1.00. The molecule has 2 rings (SSSR count). The van der Waals surface area contributed by atoms with E-state index in [-0.39, 0.29) is 0 Å². The lowest BCUT2D eigenvalue weighted by Crippen LogP contribution is -2.60. The van der Waals surface area contributed by atoms with Crippen LogP contribution in [0, 0.1) is 0 Å². The first-order valence-corrected chi connectivity index (χ1v) is 4.86. The van der Waals surface area contributed by atoms with Gasteiger partial charge in [-0.05, 0) is 0 Å². The minimum atomic E-state index is 0.570. The maximum absolute atomic E-state index is 3.52. The molecule has 4 nitrogen and oxygen atoms in total. The van der Waals surface area contributed by atoms with E-state index in [1.165, 1.54) is 13.1 Å². The summed E-state index contributed by atoms with van der Waals surface area (Å²) < 4.78 is 0. The minimum absolute atomic E-state index is 0.570. The maximum atomic E-state index is 3.52. The monoisotopic (exact) mass is 170 g/mol. The molecule has 0 bridgehead atoms. The first-order chi connectivity index (χ1) is 5.97. The van der Waals surface area contributed by atoms with Crippen molar-refractivity contribution in [1.29, 1.82) is 0 Å². The van der Waals surface area contributed by atoms with Crippen LogP contribution in [0.1, 0.15) is 0 Å². The van der Waals surface area contributed by atoms with Gasteiger partial charge < -0.3 is 10.6 Å². The lowest BCUT2D eigenvalue weighted by Gasteiger charge is -2.37. The number of nitrogens with one attached hydrogen (secondary N) is 3. The van der Waals surface area contributed by atoms with E-state index in [2.05, 4.69) is 20.9 Å². The standard InChI is InChI=1S/C8H18N4/c1-2-11-8(7-10-1)12-5-3-9-4-6-12/h8-11H,1-7H2/t8-/m0/s1. The molecule has 0 amide bonds. The van der Waals surface area contributed by atoms with Crippen LogP contribution in [-0.4, -0.2) is 56.9 Å². The van der Waals surface area contributed by atoms with Crippen LogP contribution >= 0.6 is 0 Å². The number of hydrogen-bond acceptors (Lipinski definition) is 4. The highest BCUT2D eigenvalue weighted by Gasteiger charge is 2.20. The second-order valence-corrected chi connectivity index (χ2v) is 3.46. The van der Waals surface area contributed by atoms with E-state index in [4.69, 9.17) is 0 Å². The number of hydrogen-bond donors (Lipinski definition) is 3. The highest BCUT2D eigenvalue weighted by Crippen LogP contribution is 1.99. The van der Waals surface area contributed by atoms with Crippen molar-refractivity contribution in [3.8, 4) is 0 Å². The summed E-state index contributed by atoms with van der Waals surface area (Å²) in [5, 5.41) is 10.3. The topological polar surface area (TPSA) is 39.3 Å². The van der Waals surface area contributed by atoms with E-state index in [1.807, 2.05) is 0 Å². The molecule has 70 valence electrons. The van der Waals surface area contributed by atoms with Gasteiger partial charge >= 0.3 is 0 Å². The van der Waals surface area contributed by atoms with Gasteiger partial charge in [-0.1, -0.05) is 0 Å². The Morgan fingerprint density at radius 1 is 0.917 bits per heavy atom. The van der Waals surface area contributed by atoms with Crippen LogP contribution in [0.25, 0.3) is 0 Å². The van der Waals surface area contributed by atoms with Gasteiger partial charge in [-0.2, -0.15) is 0 Å². The van der Waals surface area contributed by atoms with E-state index < -0.39 is 0 Å². The average Bonchev–Trinajstić information content (AvgIpc) is 2.21. The van der Waals surface area contributed by atoms with Crippen molar-refractivity contribution >= 4 is 0 Å². The predicted octanol–water partition coefficient (Wildman–Crippen LogP) is -1.59. The summed E-state index contributed by atoms with van der Waals surface area (Å²) in [6, 6.07) is 0. The summed E-state index contributed by atoms with van der Waals surface area (Å²) in [5.74, 6) is 0. The normalized spacial score (nSPS) is 33.5. The number of rotatable bonds is 1. The molecule has 0 saturated carbocycles.